The summed E-state index contributed by atoms with van der Waals surface area (Å²) >= 11 is 0. The molecule has 2 aromatic rings. The average Bonchev–Trinajstić information content (AvgIpc) is 2.87. The molecule has 0 fully saturated rings. The second-order valence-corrected chi connectivity index (χ2v) is 8.36. The molecule has 0 amide bonds. The average molecular weight is 505 g/mol. The molecule has 196 valence electrons. The number of phenols is 2. The van der Waals surface area contributed by atoms with Gasteiger partial charge in [-0.2, -0.15) is 0 Å². The number of fused-ring (bicyclic) bond motifs is 2. The third kappa shape index (κ3) is 6.10. The highest BCUT2D eigenvalue weighted by Crippen LogP contribution is 2.42. The number of carbonyl (C=O) groups excluding carboxylic acids is 2. The Bertz CT molecular complexity index is 1010. The number of aliphatic hydroxyl groups excluding tert-OH is 4. The molecule has 3 rings (SSSR count). The lowest BCUT2D eigenvalue weighted by Gasteiger charge is -2.25. The number of nitrogens with one attached hydrogen (secondary N) is 4. The van der Waals surface area contributed by atoms with Crippen LogP contribution in [0.15, 0.2) is 24.3 Å². The molecule has 10 N–H and O–H groups in total. The van der Waals surface area contributed by atoms with Crippen LogP contribution in [0.2, 0.25) is 0 Å². The fraction of sp³-hybridized carbons (Fsp3) is 0.417. The maximum absolute atomic E-state index is 13.5. The third-order valence-corrected chi connectivity index (χ3v) is 5.69. The highest BCUT2D eigenvalue weighted by atomic mass is 16.3. The Morgan fingerprint density at radius 3 is 1.36 bits per heavy atom. The molecule has 0 aromatic heterocycles. The molecule has 0 saturated heterocycles. The van der Waals surface area contributed by atoms with E-state index in [0.717, 1.165) is 12.1 Å². The molecule has 2 atom stereocenters. The summed E-state index contributed by atoms with van der Waals surface area (Å²) < 4.78 is 0. The van der Waals surface area contributed by atoms with Gasteiger partial charge in [0.15, 0.2) is 0 Å². The second kappa shape index (κ2) is 12.6. The zero-order valence-corrected chi connectivity index (χ0v) is 19.6. The van der Waals surface area contributed by atoms with E-state index in [0.29, 0.717) is 37.6 Å². The van der Waals surface area contributed by atoms with E-state index < -0.39 is 35.3 Å². The van der Waals surface area contributed by atoms with Crippen LogP contribution >= 0.6 is 0 Å². The van der Waals surface area contributed by atoms with Gasteiger partial charge in [0.05, 0.1) is 47.7 Å². The summed E-state index contributed by atoms with van der Waals surface area (Å²) in [5.41, 5.74) is 0.287. The number of carbonyl (C=O) groups is 2. The molecule has 36 heavy (non-hydrogen) atoms. The minimum absolute atomic E-state index is 0.0532. The summed E-state index contributed by atoms with van der Waals surface area (Å²) in [4.78, 5) is 26.9. The smallest absolute Gasteiger partial charge is 0.200 e. The molecule has 12 nitrogen and oxygen atoms in total. The van der Waals surface area contributed by atoms with Crippen LogP contribution in [0.1, 0.15) is 31.8 Å². The minimum atomic E-state index is -0.893. The zero-order valence-electron chi connectivity index (χ0n) is 19.6. The molecule has 0 heterocycles. The molecule has 0 saturated carbocycles. The van der Waals surface area contributed by atoms with Crippen molar-refractivity contribution in [2.75, 3.05) is 63.1 Å². The van der Waals surface area contributed by atoms with Crippen LogP contribution in [-0.2, 0) is 0 Å². The SMILES string of the molecule is O=C1c2c(O)ccc(O)c2C(=O)c2c(NCCNCC(O)CO)ccc(NCCNCC(O)CO)c21. The summed E-state index contributed by atoms with van der Waals surface area (Å²) in [5, 5.41) is 69.3. The number of phenolic OH excluding ortho intramolecular Hbond substituents is 2. The summed E-state index contributed by atoms with van der Waals surface area (Å²) in [6, 6.07) is 5.57. The van der Waals surface area contributed by atoms with Crippen molar-refractivity contribution < 1.29 is 40.2 Å². The van der Waals surface area contributed by atoms with Gasteiger partial charge in [0.2, 0.25) is 11.6 Å². The van der Waals surface area contributed by atoms with E-state index in [4.69, 9.17) is 10.2 Å². The van der Waals surface area contributed by atoms with Crippen LogP contribution in [0.5, 0.6) is 11.5 Å². The van der Waals surface area contributed by atoms with Gasteiger partial charge >= 0.3 is 0 Å². The van der Waals surface area contributed by atoms with Crippen LogP contribution in [0.25, 0.3) is 0 Å². The first-order valence-electron chi connectivity index (χ1n) is 11.6. The summed E-state index contributed by atoms with van der Waals surface area (Å²) in [6.45, 7) is 1.06. The van der Waals surface area contributed by atoms with Crippen LogP contribution in [0.3, 0.4) is 0 Å². The van der Waals surface area contributed by atoms with Crippen molar-refractivity contribution in [3.8, 4) is 11.5 Å². The van der Waals surface area contributed by atoms with Crippen molar-refractivity contribution in [2.24, 2.45) is 0 Å². The summed E-state index contributed by atoms with van der Waals surface area (Å²) in [7, 11) is 0. The lowest BCUT2D eigenvalue weighted by molar-refractivity contribution is 0.0948. The number of benzene rings is 2. The van der Waals surface area contributed by atoms with Crippen molar-refractivity contribution in [3.63, 3.8) is 0 Å². The number of hydrogen-bond acceptors (Lipinski definition) is 12. The fourth-order valence-electron chi connectivity index (χ4n) is 3.90. The molecule has 1 aliphatic rings. The molecular formula is C24H32N4O8. The van der Waals surface area contributed by atoms with Gasteiger partial charge in [-0.25, -0.2) is 0 Å². The molecule has 0 bridgehead atoms. The molecule has 2 unspecified atom stereocenters. The fourth-order valence-corrected chi connectivity index (χ4v) is 3.90. The van der Waals surface area contributed by atoms with Crippen LogP contribution < -0.4 is 21.3 Å². The minimum Gasteiger partial charge on any atom is -0.507 e. The largest absolute Gasteiger partial charge is 0.507 e. The first-order chi connectivity index (χ1) is 17.3. The standard InChI is InChI=1S/C24H32N4O8/c29-11-13(31)9-25-5-7-27-15-1-2-16(28-8-6-26-10-14(32)12-30)20-19(15)23(35)21-17(33)3-4-18(34)22(21)24(20)36/h1-4,13-14,25-34H,5-12H2. The van der Waals surface area contributed by atoms with Crippen molar-refractivity contribution in [1.29, 1.82) is 0 Å². The maximum atomic E-state index is 13.5. The molecule has 2 aromatic carbocycles. The molecular weight excluding hydrogens is 472 g/mol. The van der Waals surface area contributed by atoms with Gasteiger partial charge in [-0.1, -0.05) is 0 Å². The number of aliphatic hydroxyl groups is 4. The van der Waals surface area contributed by atoms with Crippen LogP contribution in [0, 0.1) is 0 Å². The van der Waals surface area contributed by atoms with E-state index in [1.54, 1.807) is 12.1 Å². The van der Waals surface area contributed by atoms with E-state index >= 15 is 0 Å². The Labute approximate surface area is 207 Å². The van der Waals surface area contributed by atoms with E-state index in [1.165, 1.54) is 0 Å². The van der Waals surface area contributed by atoms with Gasteiger partial charge in [0, 0.05) is 50.6 Å². The van der Waals surface area contributed by atoms with Crippen molar-refractivity contribution in [3.05, 3.63) is 46.5 Å². The van der Waals surface area contributed by atoms with Gasteiger partial charge in [-0.3, -0.25) is 9.59 Å². The Morgan fingerprint density at radius 2 is 1.00 bits per heavy atom. The molecule has 1 aliphatic carbocycles. The maximum Gasteiger partial charge on any atom is 0.200 e. The van der Waals surface area contributed by atoms with Gasteiger partial charge < -0.3 is 51.9 Å². The number of aromatic hydroxyl groups is 2. The molecule has 0 radical (unpaired) electrons. The number of ketones is 2. The van der Waals surface area contributed by atoms with Crippen molar-refractivity contribution >= 4 is 22.9 Å². The van der Waals surface area contributed by atoms with Gasteiger partial charge in [-0.05, 0) is 24.3 Å². The highest BCUT2D eigenvalue weighted by molar-refractivity contribution is 6.33. The number of anilines is 2. The quantitative estimate of drug-likeness (QED) is 0.0908. The Morgan fingerprint density at radius 1 is 0.611 bits per heavy atom. The second-order valence-electron chi connectivity index (χ2n) is 8.36. The predicted molar refractivity (Wildman–Crippen MR) is 132 cm³/mol. The molecule has 0 aliphatic heterocycles. The lowest BCUT2D eigenvalue weighted by Crippen LogP contribution is -2.33. The van der Waals surface area contributed by atoms with E-state index in [-0.39, 0.29) is 48.6 Å². The predicted octanol–water partition coefficient (Wildman–Crippen LogP) is -1.42. The van der Waals surface area contributed by atoms with Gasteiger partial charge in [-0.15, -0.1) is 0 Å². The van der Waals surface area contributed by atoms with E-state index in [1.807, 2.05) is 0 Å². The molecule has 0 spiro atoms. The van der Waals surface area contributed by atoms with E-state index in [9.17, 15) is 30.0 Å². The monoisotopic (exact) mass is 504 g/mol. The zero-order chi connectivity index (χ0) is 26.2. The van der Waals surface area contributed by atoms with Gasteiger partial charge in [0.1, 0.15) is 11.5 Å². The van der Waals surface area contributed by atoms with Crippen LogP contribution in [0.4, 0.5) is 11.4 Å². The lowest BCUT2D eigenvalue weighted by atomic mass is 9.81. The highest BCUT2D eigenvalue weighted by Gasteiger charge is 2.37. The van der Waals surface area contributed by atoms with Gasteiger partial charge in [0.25, 0.3) is 0 Å². The molecule has 12 heteroatoms. The first kappa shape index (κ1) is 27.3. The first-order valence-corrected chi connectivity index (χ1v) is 11.6. The summed E-state index contributed by atoms with van der Waals surface area (Å²) in [6.07, 6.45) is -1.79. The number of rotatable bonds is 14. The Kier molecular flexibility index (Phi) is 9.58. The van der Waals surface area contributed by atoms with E-state index in [2.05, 4.69) is 21.3 Å². The normalized spacial score (nSPS) is 14.2. The topological polar surface area (TPSA) is 204 Å². The Hall–Kier alpha value is -3.26. The third-order valence-electron chi connectivity index (χ3n) is 5.69. The number of hydrogen-bond donors (Lipinski definition) is 10. The van der Waals surface area contributed by atoms with Crippen molar-refractivity contribution in [2.45, 2.75) is 12.2 Å². The Balaban J connectivity index is 1.86. The van der Waals surface area contributed by atoms with Crippen molar-refractivity contribution in [1.82, 2.24) is 10.6 Å². The summed E-state index contributed by atoms with van der Waals surface area (Å²) in [5.74, 6) is -2.07. The van der Waals surface area contributed by atoms with Crippen LogP contribution in [-0.4, -0.2) is 107 Å².